The van der Waals surface area contributed by atoms with Crippen molar-refractivity contribution in [1.29, 1.82) is 0 Å². The van der Waals surface area contributed by atoms with Crippen molar-refractivity contribution >= 4 is 0 Å². The molecule has 0 saturated heterocycles. The van der Waals surface area contributed by atoms with Gasteiger partial charge in [-0.2, -0.15) is 0 Å². The molecule has 0 bridgehead atoms. The summed E-state index contributed by atoms with van der Waals surface area (Å²) < 4.78 is 0. The summed E-state index contributed by atoms with van der Waals surface area (Å²) in [5, 5.41) is 10.1. The molecule has 0 unspecified atom stereocenters. The zero-order chi connectivity index (χ0) is 17.5. The van der Waals surface area contributed by atoms with Crippen LogP contribution in [0.2, 0.25) is 0 Å². The maximum atomic E-state index is 10.1. The minimum atomic E-state index is 0.223. The Morgan fingerprint density at radius 3 is 2.46 bits per heavy atom. The molecule has 0 aliphatic heterocycles. The number of aromatic hydroxyl groups is 1. The van der Waals surface area contributed by atoms with E-state index in [4.69, 9.17) is 5.73 Å². The molecule has 24 heavy (non-hydrogen) atoms. The van der Waals surface area contributed by atoms with Crippen LogP contribution in [0.1, 0.15) is 70.1 Å². The quantitative estimate of drug-likeness (QED) is 0.726. The number of hydrogen-bond acceptors (Lipinski definition) is 2. The van der Waals surface area contributed by atoms with Gasteiger partial charge in [-0.25, -0.2) is 0 Å². The van der Waals surface area contributed by atoms with Crippen molar-refractivity contribution in [2.75, 3.05) is 0 Å². The summed E-state index contributed by atoms with van der Waals surface area (Å²) >= 11 is 0. The fourth-order valence-electron chi connectivity index (χ4n) is 7.38. The number of phenolic OH excluding ortho intramolecular Hbond substituents is 1. The van der Waals surface area contributed by atoms with Crippen LogP contribution in [-0.4, -0.2) is 11.1 Å². The third kappa shape index (κ3) is 1.87. The summed E-state index contributed by atoms with van der Waals surface area (Å²) in [5.74, 6) is 1.81. The van der Waals surface area contributed by atoms with Gasteiger partial charge in [-0.05, 0) is 95.9 Å². The molecule has 1 aromatic rings. The van der Waals surface area contributed by atoms with Crippen molar-refractivity contribution in [3.63, 3.8) is 0 Å². The first kappa shape index (κ1) is 16.4. The lowest BCUT2D eigenvalue weighted by Crippen LogP contribution is -2.60. The molecule has 3 aliphatic carbocycles. The van der Waals surface area contributed by atoms with Crippen LogP contribution in [0.4, 0.5) is 0 Å². The third-order valence-corrected chi connectivity index (χ3v) is 8.56. The Labute approximate surface area is 146 Å². The average Bonchev–Trinajstić information content (AvgIpc) is 2.77. The first-order valence-corrected chi connectivity index (χ1v) is 9.69. The van der Waals surface area contributed by atoms with Crippen LogP contribution in [-0.2, 0) is 11.8 Å². The number of aryl methyl sites for hydroxylation is 1. The molecular formula is C22H33NO. The van der Waals surface area contributed by atoms with Crippen molar-refractivity contribution in [2.45, 2.75) is 78.2 Å². The average molecular weight is 328 g/mol. The monoisotopic (exact) mass is 327 g/mol. The van der Waals surface area contributed by atoms with E-state index in [9.17, 15) is 5.11 Å². The maximum absolute atomic E-state index is 10.1. The molecule has 2 saturated carbocycles. The van der Waals surface area contributed by atoms with Gasteiger partial charge in [0.2, 0.25) is 0 Å². The lowest BCUT2D eigenvalue weighted by atomic mass is 9.42. The molecule has 2 fully saturated rings. The van der Waals surface area contributed by atoms with E-state index in [2.05, 4.69) is 34.6 Å². The van der Waals surface area contributed by atoms with Gasteiger partial charge >= 0.3 is 0 Å². The first-order valence-electron chi connectivity index (χ1n) is 9.69. The summed E-state index contributed by atoms with van der Waals surface area (Å²) in [6, 6.07) is 4.32. The van der Waals surface area contributed by atoms with Gasteiger partial charge in [0.15, 0.2) is 0 Å². The highest BCUT2D eigenvalue weighted by Crippen LogP contribution is 2.67. The van der Waals surface area contributed by atoms with Crippen LogP contribution in [0.5, 0.6) is 5.75 Å². The highest BCUT2D eigenvalue weighted by molar-refractivity contribution is 5.50. The number of benzene rings is 1. The minimum Gasteiger partial charge on any atom is -0.508 e. The van der Waals surface area contributed by atoms with E-state index in [0.29, 0.717) is 29.0 Å². The van der Waals surface area contributed by atoms with Gasteiger partial charge in [0.1, 0.15) is 5.75 Å². The zero-order valence-corrected chi connectivity index (χ0v) is 15.9. The molecule has 3 aliphatic rings. The standard InChI is InChI=1S/C22H33NO/c1-13-10-15(24)11-14-12-17-21(4)9-7-18(23)20(2,3)16(21)6-8-22(17,5)19(13)14/h10-11,16-18,24H,6-9,12,23H2,1-5H3/t16-,17+,18-,21-,22+/m1/s1. The van der Waals surface area contributed by atoms with Crippen molar-refractivity contribution in [3.8, 4) is 5.75 Å². The predicted octanol–water partition coefficient (Wildman–Crippen LogP) is 4.69. The largest absolute Gasteiger partial charge is 0.508 e. The van der Waals surface area contributed by atoms with Crippen LogP contribution >= 0.6 is 0 Å². The molecule has 0 amide bonds. The smallest absolute Gasteiger partial charge is 0.116 e. The first-order chi connectivity index (χ1) is 11.1. The zero-order valence-electron chi connectivity index (χ0n) is 15.9. The highest BCUT2D eigenvalue weighted by Gasteiger charge is 2.62. The Bertz CT molecular complexity index is 693. The van der Waals surface area contributed by atoms with Gasteiger partial charge < -0.3 is 10.8 Å². The van der Waals surface area contributed by atoms with Gasteiger partial charge in [-0.1, -0.05) is 27.7 Å². The van der Waals surface area contributed by atoms with E-state index in [1.54, 1.807) is 0 Å². The fourth-order valence-corrected chi connectivity index (χ4v) is 7.38. The van der Waals surface area contributed by atoms with Gasteiger partial charge in [0, 0.05) is 6.04 Å². The van der Waals surface area contributed by atoms with Crippen molar-refractivity contribution < 1.29 is 5.11 Å². The molecule has 5 atom stereocenters. The lowest BCUT2D eigenvalue weighted by Gasteiger charge is -2.62. The number of fused-ring (bicyclic) bond motifs is 5. The van der Waals surface area contributed by atoms with Crippen LogP contribution in [0.25, 0.3) is 0 Å². The number of phenols is 1. The number of rotatable bonds is 0. The number of hydrogen-bond donors (Lipinski definition) is 2. The Hall–Kier alpha value is -1.02. The van der Waals surface area contributed by atoms with Crippen LogP contribution in [0.15, 0.2) is 12.1 Å². The van der Waals surface area contributed by atoms with E-state index in [1.165, 1.54) is 36.0 Å². The van der Waals surface area contributed by atoms with Gasteiger partial charge in [0.05, 0.1) is 0 Å². The number of nitrogens with two attached hydrogens (primary N) is 1. The minimum absolute atomic E-state index is 0.223. The molecule has 0 heterocycles. The van der Waals surface area contributed by atoms with E-state index < -0.39 is 0 Å². The molecule has 4 rings (SSSR count). The third-order valence-electron chi connectivity index (χ3n) is 8.56. The van der Waals surface area contributed by atoms with Gasteiger partial charge in [-0.3, -0.25) is 0 Å². The maximum Gasteiger partial charge on any atom is 0.116 e. The van der Waals surface area contributed by atoms with Crippen molar-refractivity contribution in [3.05, 3.63) is 28.8 Å². The second kappa shape index (κ2) is 4.78. The van der Waals surface area contributed by atoms with Gasteiger partial charge in [-0.15, -0.1) is 0 Å². The van der Waals surface area contributed by atoms with Crippen molar-refractivity contribution in [1.82, 2.24) is 0 Å². The van der Waals surface area contributed by atoms with E-state index in [1.807, 2.05) is 12.1 Å². The summed E-state index contributed by atoms with van der Waals surface area (Å²) in [6.45, 7) is 12.0. The molecule has 1 aromatic carbocycles. The molecule has 3 N–H and O–H groups in total. The SMILES string of the molecule is Cc1cc(O)cc2c1[C@@]1(C)CC[C@@H]3C(C)(C)[C@H](N)CC[C@@]3(C)[C@@H]1C2. The molecule has 0 aromatic heterocycles. The molecule has 2 nitrogen and oxygen atoms in total. The Balaban J connectivity index is 1.83. The van der Waals surface area contributed by atoms with Crippen LogP contribution in [0.3, 0.4) is 0 Å². The van der Waals surface area contributed by atoms with Gasteiger partial charge in [0.25, 0.3) is 0 Å². The van der Waals surface area contributed by atoms with E-state index >= 15 is 0 Å². The van der Waals surface area contributed by atoms with Crippen LogP contribution in [0, 0.1) is 29.6 Å². The summed E-state index contributed by atoms with van der Waals surface area (Å²) in [7, 11) is 0. The second-order valence-electron chi connectivity index (χ2n) is 10.0. The van der Waals surface area contributed by atoms with E-state index in [-0.39, 0.29) is 10.8 Å². The fraction of sp³-hybridized carbons (Fsp3) is 0.727. The summed E-state index contributed by atoms with van der Waals surface area (Å²) in [5.41, 5.74) is 11.6. The lowest BCUT2D eigenvalue weighted by molar-refractivity contribution is -0.107. The summed E-state index contributed by atoms with van der Waals surface area (Å²) in [6.07, 6.45) is 6.06. The van der Waals surface area contributed by atoms with Crippen LogP contribution < -0.4 is 5.73 Å². The topological polar surface area (TPSA) is 46.2 Å². The van der Waals surface area contributed by atoms with E-state index in [0.717, 1.165) is 12.8 Å². The van der Waals surface area contributed by atoms with Crippen molar-refractivity contribution in [2.24, 2.45) is 28.4 Å². The molecular weight excluding hydrogens is 294 g/mol. The predicted molar refractivity (Wildman–Crippen MR) is 99.2 cm³/mol. The Morgan fingerprint density at radius 1 is 1.04 bits per heavy atom. The Morgan fingerprint density at radius 2 is 1.75 bits per heavy atom. The molecule has 0 spiro atoms. The molecule has 0 radical (unpaired) electrons. The molecule has 132 valence electrons. The Kier molecular flexibility index (Phi) is 3.28. The molecule has 2 heteroatoms. The second-order valence-corrected chi connectivity index (χ2v) is 10.0. The summed E-state index contributed by atoms with van der Waals surface area (Å²) in [4.78, 5) is 0. The highest BCUT2D eigenvalue weighted by atomic mass is 16.3. The normalized spacial score (nSPS) is 43.0.